The maximum atomic E-state index is 12.5. The Bertz CT molecular complexity index is 1140. The molecule has 0 atom stereocenters. The van der Waals surface area contributed by atoms with E-state index in [1.165, 1.54) is 31.0 Å². The second-order valence-corrected chi connectivity index (χ2v) is 7.09. The van der Waals surface area contributed by atoms with Crippen molar-refractivity contribution in [3.8, 4) is 22.9 Å². The van der Waals surface area contributed by atoms with E-state index in [9.17, 15) is 8.78 Å². The zero-order chi connectivity index (χ0) is 21.6. The second kappa shape index (κ2) is 9.51. The summed E-state index contributed by atoms with van der Waals surface area (Å²) in [7, 11) is 1.36. The predicted octanol–water partition coefficient (Wildman–Crippen LogP) is 3.67. The Morgan fingerprint density at radius 1 is 1.13 bits per heavy atom. The van der Waals surface area contributed by atoms with Gasteiger partial charge in [0.15, 0.2) is 11.5 Å². The van der Waals surface area contributed by atoms with Crippen molar-refractivity contribution >= 4 is 11.8 Å². The highest BCUT2D eigenvalue weighted by Gasteiger charge is 2.16. The smallest absolute Gasteiger partial charge is 0.387 e. The Morgan fingerprint density at radius 3 is 2.74 bits per heavy atom. The van der Waals surface area contributed by atoms with Crippen LogP contribution in [0.15, 0.2) is 58.2 Å². The maximum Gasteiger partial charge on any atom is 0.387 e. The molecule has 0 bridgehead atoms. The van der Waals surface area contributed by atoms with Crippen LogP contribution in [-0.2, 0) is 12.3 Å². The third-order valence-electron chi connectivity index (χ3n) is 4.10. The summed E-state index contributed by atoms with van der Waals surface area (Å²) < 4.78 is 41.5. The molecule has 0 N–H and O–H groups in total. The van der Waals surface area contributed by atoms with E-state index in [2.05, 4.69) is 30.4 Å². The molecule has 0 aliphatic carbocycles. The molecule has 4 aromatic rings. The maximum absolute atomic E-state index is 12.5. The molecule has 2 aromatic carbocycles. The Hall–Kier alpha value is -3.54. The van der Waals surface area contributed by atoms with Crippen molar-refractivity contribution in [3.63, 3.8) is 0 Å². The molecule has 0 aliphatic rings. The normalized spacial score (nSPS) is 11.1. The number of thioether (sulfide) groups is 1. The summed E-state index contributed by atoms with van der Waals surface area (Å²) in [5.74, 6) is 1.07. The molecule has 2 aromatic heterocycles. The average Bonchev–Trinajstić information content (AvgIpc) is 3.42. The van der Waals surface area contributed by atoms with Crippen molar-refractivity contribution in [1.29, 1.82) is 0 Å². The number of tetrazole rings is 1. The number of hydrogen-bond acceptors (Lipinski definition) is 9. The third-order valence-corrected chi connectivity index (χ3v) is 5.05. The number of aromatic nitrogens is 6. The van der Waals surface area contributed by atoms with E-state index in [1.807, 2.05) is 30.3 Å². The van der Waals surface area contributed by atoms with Crippen molar-refractivity contribution in [2.75, 3.05) is 7.11 Å². The van der Waals surface area contributed by atoms with E-state index >= 15 is 0 Å². The molecule has 0 radical (unpaired) electrons. The standard InChI is InChI=1S/C19H16F2N6O3S/c1-28-15-9-13(7-8-14(15)29-18(20)21)17-22-16(30-24-17)11-31-19-23-25-26-27(19)10-12-5-3-2-4-6-12/h2-9,18H,10-11H2,1H3. The van der Waals surface area contributed by atoms with Gasteiger partial charge in [-0.2, -0.15) is 13.8 Å². The minimum absolute atomic E-state index is 0.0780. The van der Waals surface area contributed by atoms with Gasteiger partial charge in [0, 0.05) is 5.56 Å². The monoisotopic (exact) mass is 446 g/mol. The van der Waals surface area contributed by atoms with Gasteiger partial charge in [-0.1, -0.05) is 47.3 Å². The predicted molar refractivity (Wildman–Crippen MR) is 106 cm³/mol. The van der Waals surface area contributed by atoms with Crippen molar-refractivity contribution in [1.82, 2.24) is 30.3 Å². The van der Waals surface area contributed by atoms with Gasteiger partial charge in [-0.3, -0.25) is 0 Å². The van der Waals surface area contributed by atoms with Crippen LogP contribution < -0.4 is 9.47 Å². The SMILES string of the molecule is COc1cc(-c2noc(CSc3nnnn3Cc3ccccc3)n2)ccc1OC(F)F. The molecule has 4 rings (SSSR count). The molecule has 0 spiro atoms. The molecule has 0 unspecified atom stereocenters. The van der Waals surface area contributed by atoms with Crippen LogP contribution in [0.5, 0.6) is 11.5 Å². The number of alkyl halides is 2. The first kappa shape index (κ1) is 20.7. The molecule has 31 heavy (non-hydrogen) atoms. The summed E-state index contributed by atoms with van der Waals surface area (Å²) in [6.07, 6.45) is 0. The van der Waals surface area contributed by atoms with Crippen LogP contribution in [0.1, 0.15) is 11.5 Å². The van der Waals surface area contributed by atoms with Crippen LogP contribution >= 0.6 is 11.8 Å². The van der Waals surface area contributed by atoms with E-state index in [-0.39, 0.29) is 11.5 Å². The Kier molecular flexibility index (Phi) is 6.36. The molecular weight excluding hydrogens is 430 g/mol. The van der Waals surface area contributed by atoms with Crippen LogP contribution in [0.3, 0.4) is 0 Å². The van der Waals surface area contributed by atoms with Gasteiger partial charge in [0.25, 0.3) is 0 Å². The molecule has 2 heterocycles. The molecule has 160 valence electrons. The van der Waals surface area contributed by atoms with E-state index in [0.717, 1.165) is 5.56 Å². The minimum Gasteiger partial charge on any atom is -0.493 e. The van der Waals surface area contributed by atoms with Crippen molar-refractivity contribution in [2.45, 2.75) is 24.1 Å². The van der Waals surface area contributed by atoms with E-state index in [0.29, 0.717) is 34.7 Å². The molecule has 0 saturated heterocycles. The van der Waals surface area contributed by atoms with E-state index in [1.54, 1.807) is 10.7 Å². The zero-order valence-electron chi connectivity index (χ0n) is 16.2. The first-order chi connectivity index (χ1) is 15.1. The van der Waals surface area contributed by atoms with Gasteiger partial charge in [-0.25, -0.2) is 4.68 Å². The lowest BCUT2D eigenvalue weighted by molar-refractivity contribution is -0.0512. The van der Waals surface area contributed by atoms with Gasteiger partial charge in [0.1, 0.15) is 0 Å². The van der Waals surface area contributed by atoms with Crippen molar-refractivity contribution < 1.29 is 22.8 Å². The van der Waals surface area contributed by atoms with Gasteiger partial charge in [-0.05, 0) is 34.2 Å². The molecule has 9 nitrogen and oxygen atoms in total. The van der Waals surface area contributed by atoms with Gasteiger partial charge in [-0.15, -0.1) is 5.10 Å². The van der Waals surface area contributed by atoms with E-state index in [4.69, 9.17) is 9.26 Å². The molecule has 0 saturated carbocycles. The van der Waals surface area contributed by atoms with E-state index < -0.39 is 6.61 Å². The summed E-state index contributed by atoms with van der Waals surface area (Å²) in [6.45, 7) is -2.41. The lowest BCUT2D eigenvalue weighted by Gasteiger charge is -2.10. The summed E-state index contributed by atoms with van der Waals surface area (Å²) in [5, 5.41) is 16.3. The number of benzene rings is 2. The Morgan fingerprint density at radius 2 is 1.97 bits per heavy atom. The average molecular weight is 446 g/mol. The fourth-order valence-corrected chi connectivity index (χ4v) is 3.43. The van der Waals surface area contributed by atoms with Crippen LogP contribution in [0.2, 0.25) is 0 Å². The fourth-order valence-electron chi connectivity index (χ4n) is 2.71. The van der Waals surface area contributed by atoms with Crippen molar-refractivity contribution in [3.05, 3.63) is 60.0 Å². The lowest BCUT2D eigenvalue weighted by atomic mass is 10.2. The zero-order valence-corrected chi connectivity index (χ0v) is 17.0. The number of methoxy groups -OCH3 is 1. The van der Waals surface area contributed by atoms with Gasteiger partial charge < -0.3 is 14.0 Å². The second-order valence-electron chi connectivity index (χ2n) is 6.15. The summed E-state index contributed by atoms with van der Waals surface area (Å²) in [5.41, 5.74) is 1.61. The molecule has 0 amide bonds. The third kappa shape index (κ3) is 5.15. The largest absolute Gasteiger partial charge is 0.493 e. The highest BCUT2D eigenvalue weighted by Crippen LogP contribution is 2.33. The van der Waals surface area contributed by atoms with Crippen LogP contribution in [-0.4, -0.2) is 44.1 Å². The lowest BCUT2D eigenvalue weighted by Crippen LogP contribution is -2.03. The van der Waals surface area contributed by atoms with Gasteiger partial charge in [0.2, 0.25) is 16.9 Å². The fraction of sp³-hybridized carbons (Fsp3) is 0.211. The summed E-state index contributed by atoms with van der Waals surface area (Å²) >= 11 is 1.35. The summed E-state index contributed by atoms with van der Waals surface area (Å²) in [4.78, 5) is 4.34. The van der Waals surface area contributed by atoms with Crippen LogP contribution in [0.4, 0.5) is 8.78 Å². The quantitative estimate of drug-likeness (QED) is 0.356. The Balaban J connectivity index is 1.43. The van der Waals surface area contributed by atoms with Gasteiger partial charge in [0.05, 0.1) is 19.4 Å². The Labute approximate surface area is 179 Å². The summed E-state index contributed by atoms with van der Waals surface area (Å²) in [6, 6.07) is 14.2. The molecule has 12 heteroatoms. The highest BCUT2D eigenvalue weighted by atomic mass is 32.2. The van der Waals surface area contributed by atoms with Crippen molar-refractivity contribution in [2.24, 2.45) is 0 Å². The number of hydrogen-bond donors (Lipinski definition) is 0. The molecule has 0 aliphatic heterocycles. The molecule has 0 fully saturated rings. The highest BCUT2D eigenvalue weighted by molar-refractivity contribution is 7.98. The number of halogens is 2. The molecular formula is C19H16F2N6O3S. The van der Waals surface area contributed by atoms with Crippen LogP contribution in [0.25, 0.3) is 11.4 Å². The number of nitrogens with zero attached hydrogens (tertiary/aromatic N) is 6. The first-order valence-electron chi connectivity index (χ1n) is 9.01. The minimum atomic E-state index is -2.95. The first-order valence-corrected chi connectivity index (χ1v) is 9.99. The topological polar surface area (TPSA) is 101 Å². The van der Waals surface area contributed by atoms with Gasteiger partial charge >= 0.3 is 6.61 Å². The number of ether oxygens (including phenoxy) is 2. The van der Waals surface area contributed by atoms with Crippen LogP contribution in [0, 0.1) is 0 Å². The number of rotatable bonds is 9.